The van der Waals surface area contributed by atoms with Crippen molar-refractivity contribution in [2.45, 2.75) is 24.9 Å². The van der Waals surface area contributed by atoms with E-state index in [1.54, 1.807) is 6.07 Å². The largest absolute Gasteiger partial charge is 0.387 e. The molecular weight excluding hydrogens is 301 g/mol. The first kappa shape index (κ1) is 15.6. The molecule has 1 unspecified atom stereocenters. The number of hydrogen-bond donors (Lipinski definition) is 2. The van der Waals surface area contributed by atoms with Crippen LogP contribution in [0.25, 0.3) is 0 Å². The molecule has 102 valence electrons. The third-order valence-corrected chi connectivity index (χ3v) is 3.17. The Morgan fingerprint density at radius 3 is 2.72 bits per heavy atom. The highest BCUT2D eigenvalue weighted by atomic mass is 79.9. The van der Waals surface area contributed by atoms with Gasteiger partial charge in [-0.3, -0.25) is 0 Å². The molecule has 0 aliphatic carbocycles. The van der Waals surface area contributed by atoms with Gasteiger partial charge in [0.1, 0.15) is 5.82 Å². The minimum Gasteiger partial charge on any atom is -0.387 e. The Morgan fingerprint density at radius 1 is 1.44 bits per heavy atom. The summed E-state index contributed by atoms with van der Waals surface area (Å²) in [5.41, 5.74) is 5.19. The molecule has 0 aromatic heterocycles. The summed E-state index contributed by atoms with van der Waals surface area (Å²) in [5.74, 6) is -0.321. The number of nitrogens with two attached hydrogens (primary N) is 1. The van der Waals surface area contributed by atoms with E-state index >= 15 is 0 Å². The highest BCUT2D eigenvalue weighted by molar-refractivity contribution is 9.10. The monoisotopic (exact) mass is 319 g/mol. The van der Waals surface area contributed by atoms with E-state index in [2.05, 4.69) is 15.9 Å². The summed E-state index contributed by atoms with van der Waals surface area (Å²) in [5, 5.41) is 10.5. The highest BCUT2D eigenvalue weighted by Crippen LogP contribution is 2.23. The lowest BCUT2D eigenvalue weighted by Crippen LogP contribution is -2.37. The van der Waals surface area contributed by atoms with Crippen molar-refractivity contribution in [2.24, 2.45) is 5.73 Å². The van der Waals surface area contributed by atoms with Crippen LogP contribution in [0, 0.1) is 5.82 Å². The zero-order chi connectivity index (χ0) is 13.6. The van der Waals surface area contributed by atoms with E-state index in [0.29, 0.717) is 30.3 Å². The number of halogens is 2. The van der Waals surface area contributed by atoms with Gasteiger partial charge in [0.15, 0.2) is 0 Å². The second-order valence-electron chi connectivity index (χ2n) is 4.50. The smallest absolute Gasteiger partial charge is 0.124 e. The summed E-state index contributed by atoms with van der Waals surface area (Å²) in [6.45, 7) is 0.722. The molecule has 0 saturated heterocycles. The number of hydrogen-bond acceptors (Lipinski definition) is 3. The van der Waals surface area contributed by atoms with Crippen LogP contribution < -0.4 is 5.73 Å². The van der Waals surface area contributed by atoms with E-state index in [1.165, 1.54) is 19.2 Å². The SMILES string of the molecule is COCC(O)(CCCN)Cc1cc(F)cc(Br)c1. The van der Waals surface area contributed by atoms with Crippen LogP contribution in [0.15, 0.2) is 22.7 Å². The van der Waals surface area contributed by atoms with Crippen LogP contribution in [-0.2, 0) is 11.2 Å². The molecule has 0 fully saturated rings. The minimum atomic E-state index is -0.999. The van der Waals surface area contributed by atoms with Crippen molar-refractivity contribution in [2.75, 3.05) is 20.3 Å². The molecule has 3 N–H and O–H groups in total. The van der Waals surface area contributed by atoms with E-state index < -0.39 is 5.60 Å². The van der Waals surface area contributed by atoms with E-state index in [-0.39, 0.29) is 12.4 Å². The van der Waals surface area contributed by atoms with Gasteiger partial charge in [-0.1, -0.05) is 15.9 Å². The van der Waals surface area contributed by atoms with Gasteiger partial charge in [0.25, 0.3) is 0 Å². The molecule has 1 aromatic rings. The Balaban J connectivity index is 2.81. The summed E-state index contributed by atoms with van der Waals surface area (Å²) in [7, 11) is 1.54. The second-order valence-corrected chi connectivity index (χ2v) is 5.42. The third kappa shape index (κ3) is 5.02. The molecule has 0 saturated carbocycles. The van der Waals surface area contributed by atoms with Crippen molar-refractivity contribution in [3.8, 4) is 0 Å². The summed E-state index contributed by atoms with van der Waals surface area (Å²) in [6.07, 6.45) is 1.58. The predicted molar refractivity (Wildman–Crippen MR) is 72.9 cm³/mol. The zero-order valence-corrected chi connectivity index (χ0v) is 12.0. The Hall–Kier alpha value is -0.490. The maximum Gasteiger partial charge on any atom is 0.124 e. The van der Waals surface area contributed by atoms with Crippen LogP contribution in [0.2, 0.25) is 0 Å². The van der Waals surface area contributed by atoms with E-state index in [1.807, 2.05) is 0 Å². The lowest BCUT2D eigenvalue weighted by molar-refractivity contribution is -0.0375. The van der Waals surface area contributed by atoms with E-state index in [0.717, 1.165) is 5.56 Å². The molecular formula is C13H19BrFNO2. The highest BCUT2D eigenvalue weighted by Gasteiger charge is 2.27. The fourth-order valence-electron chi connectivity index (χ4n) is 2.00. The normalized spacial score (nSPS) is 14.5. The van der Waals surface area contributed by atoms with Gasteiger partial charge >= 0.3 is 0 Å². The molecule has 3 nitrogen and oxygen atoms in total. The molecule has 1 rings (SSSR count). The van der Waals surface area contributed by atoms with Crippen molar-refractivity contribution in [3.63, 3.8) is 0 Å². The molecule has 5 heteroatoms. The van der Waals surface area contributed by atoms with Crippen LogP contribution in [-0.4, -0.2) is 31.0 Å². The average Bonchev–Trinajstić information content (AvgIpc) is 2.25. The third-order valence-electron chi connectivity index (χ3n) is 2.71. The number of aliphatic hydroxyl groups is 1. The number of ether oxygens (including phenoxy) is 1. The Labute approximate surface area is 115 Å². The van der Waals surface area contributed by atoms with Crippen molar-refractivity contribution in [3.05, 3.63) is 34.1 Å². The molecule has 0 aliphatic heterocycles. The maximum absolute atomic E-state index is 13.3. The van der Waals surface area contributed by atoms with Crippen molar-refractivity contribution in [1.29, 1.82) is 0 Å². The Morgan fingerprint density at radius 2 is 2.17 bits per heavy atom. The molecule has 1 aromatic carbocycles. The second kappa shape index (κ2) is 7.19. The molecule has 0 radical (unpaired) electrons. The number of methoxy groups -OCH3 is 1. The van der Waals surface area contributed by atoms with Crippen LogP contribution in [0.4, 0.5) is 4.39 Å². The Kier molecular flexibility index (Phi) is 6.21. The molecule has 0 amide bonds. The molecule has 1 atom stereocenters. The lowest BCUT2D eigenvalue weighted by atomic mass is 9.90. The first-order chi connectivity index (χ1) is 8.49. The maximum atomic E-state index is 13.3. The quantitative estimate of drug-likeness (QED) is 0.810. The summed E-state index contributed by atoms with van der Waals surface area (Å²) >= 11 is 3.24. The number of benzene rings is 1. The Bertz CT molecular complexity index is 369. The first-order valence-corrected chi connectivity index (χ1v) is 6.65. The van der Waals surface area contributed by atoms with Gasteiger partial charge < -0.3 is 15.6 Å². The van der Waals surface area contributed by atoms with Gasteiger partial charge in [-0.15, -0.1) is 0 Å². The predicted octanol–water partition coefficient (Wildman–Crippen LogP) is 2.25. The van der Waals surface area contributed by atoms with Crippen LogP contribution in [0.1, 0.15) is 18.4 Å². The standard InChI is InChI=1S/C13H19BrFNO2/c1-18-9-13(17,3-2-4-16)8-10-5-11(14)7-12(15)6-10/h5-7,17H,2-4,8-9,16H2,1H3. The van der Waals surface area contributed by atoms with Gasteiger partial charge in [-0.25, -0.2) is 4.39 Å². The van der Waals surface area contributed by atoms with Gasteiger partial charge in [-0.2, -0.15) is 0 Å². The van der Waals surface area contributed by atoms with Crippen LogP contribution in [0.5, 0.6) is 0 Å². The van der Waals surface area contributed by atoms with Crippen molar-refractivity contribution in [1.82, 2.24) is 0 Å². The molecule has 0 bridgehead atoms. The van der Waals surface area contributed by atoms with Crippen molar-refractivity contribution >= 4 is 15.9 Å². The summed E-state index contributed by atoms with van der Waals surface area (Å²) < 4.78 is 19.0. The fourth-order valence-corrected chi connectivity index (χ4v) is 2.52. The average molecular weight is 320 g/mol. The minimum absolute atomic E-state index is 0.209. The van der Waals surface area contributed by atoms with Crippen LogP contribution >= 0.6 is 15.9 Å². The summed E-state index contributed by atoms with van der Waals surface area (Å²) in [6, 6.07) is 4.61. The van der Waals surface area contributed by atoms with Gasteiger partial charge in [0.2, 0.25) is 0 Å². The molecule has 0 heterocycles. The van der Waals surface area contributed by atoms with E-state index in [9.17, 15) is 9.50 Å². The zero-order valence-electron chi connectivity index (χ0n) is 10.5. The van der Waals surface area contributed by atoms with Gasteiger partial charge in [-0.05, 0) is 43.1 Å². The summed E-state index contributed by atoms with van der Waals surface area (Å²) in [4.78, 5) is 0. The molecule has 0 aliphatic rings. The fraction of sp³-hybridized carbons (Fsp3) is 0.538. The molecule has 0 spiro atoms. The van der Waals surface area contributed by atoms with Gasteiger partial charge in [0, 0.05) is 18.0 Å². The van der Waals surface area contributed by atoms with Crippen molar-refractivity contribution < 1.29 is 14.2 Å². The van der Waals surface area contributed by atoms with Crippen LogP contribution in [0.3, 0.4) is 0 Å². The molecule has 18 heavy (non-hydrogen) atoms. The number of rotatable bonds is 7. The van der Waals surface area contributed by atoms with Gasteiger partial charge in [0.05, 0.1) is 12.2 Å². The lowest BCUT2D eigenvalue weighted by Gasteiger charge is -2.27. The first-order valence-electron chi connectivity index (χ1n) is 5.85. The van der Waals surface area contributed by atoms with E-state index in [4.69, 9.17) is 10.5 Å². The topological polar surface area (TPSA) is 55.5 Å².